The minimum absolute atomic E-state index is 0.00713. The minimum Gasteiger partial charge on any atom is -0.378 e. The van der Waals surface area contributed by atoms with Crippen molar-refractivity contribution < 1.29 is 9.13 Å². The normalized spacial score (nSPS) is 18.6. The predicted octanol–water partition coefficient (Wildman–Crippen LogP) is 4.59. The number of benzene rings is 1. The van der Waals surface area contributed by atoms with Gasteiger partial charge in [0, 0.05) is 23.2 Å². The van der Waals surface area contributed by atoms with Crippen LogP contribution in [0.1, 0.15) is 50.6 Å². The predicted molar refractivity (Wildman–Crippen MR) is 83.3 cm³/mol. The monoisotopic (exact) mass is 343 g/mol. The molecule has 0 bridgehead atoms. The number of hydrogen-bond donors (Lipinski definition) is 1. The third-order valence-electron chi connectivity index (χ3n) is 4.25. The first-order valence-corrected chi connectivity index (χ1v) is 8.13. The molecule has 2 nitrogen and oxygen atoms in total. The zero-order valence-corrected chi connectivity index (χ0v) is 13.8. The van der Waals surface area contributed by atoms with Crippen LogP contribution in [0.25, 0.3) is 0 Å². The molecular weight excluding hydrogens is 321 g/mol. The maximum Gasteiger partial charge on any atom is 0.128 e. The summed E-state index contributed by atoms with van der Waals surface area (Å²) in [6, 6.07) is 5.16. The van der Waals surface area contributed by atoms with Gasteiger partial charge in [0.05, 0.1) is 5.60 Å². The molecule has 112 valence electrons. The van der Waals surface area contributed by atoms with Crippen molar-refractivity contribution in [2.45, 2.75) is 50.7 Å². The average molecular weight is 344 g/mol. The lowest BCUT2D eigenvalue weighted by molar-refractivity contribution is -0.0839. The maximum atomic E-state index is 14.1. The van der Waals surface area contributed by atoms with Crippen molar-refractivity contribution >= 4 is 15.9 Å². The zero-order chi connectivity index (χ0) is 14.6. The van der Waals surface area contributed by atoms with Crippen LogP contribution in [0.15, 0.2) is 22.7 Å². The molecule has 0 aromatic heterocycles. The molecule has 1 atom stereocenters. The van der Waals surface area contributed by atoms with Crippen molar-refractivity contribution in [1.82, 2.24) is 5.32 Å². The molecule has 1 aromatic rings. The molecule has 4 heteroatoms. The van der Waals surface area contributed by atoms with Crippen molar-refractivity contribution in [2.24, 2.45) is 0 Å². The molecule has 2 rings (SSSR count). The highest BCUT2D eigenvalue weighted by atomic mass is 79.9. The van der Waals surface area contributed by atoms with Crippen molar-refractivity contribution in [1.29, 1.82) is 0 Å². The van der Waals surface area contributed by atoms with Gasteiger partial charge in [-0.25, -0.2) is 4.39 Å². The Morgan fingerprint density at radius 3 is 2.75 bits per heavy atom. The Kier molecular flexibility index (Phi) is 5.58. The van der Waals surface area contributed by atoms with Crippen molar-refractivity contribution in [3.05, 3.63) is 34.1 Å². The van der Waals surface area contributed by atoms with Crippen LogP contribution in [0, 0.1) is 5.82 Å². The summed E-state index contributed by atoms with van der Waals surface area (Å²) in [5.41, 5.74) is 0.663. The van der Waals surface area contributed by atoms with E-state index < -0.39 is 0 Å². The van der Waals surface area contributed by atoms with Gasteiger partial charge in [0.2, 0.25) is 0 Å². The van der Waals surface area contributed by atoms with Crippen LogP contribution in [0.4, 0.5) is 4.39 Å². The first-order chi connectivity index (χ1) is 9.60. The van der Waals surface area contributed by atoms with Crippen molar-refractivity contribution in [3.63, 3.8) is 0 Å². The fourth-order valence-electron chi connectivity index (χ4n) is 2.83. The van der Waals surface area contributed by atoms with E-state index in [2.05, 4.69) is 28.2 Å². The Morgan fingerprint density at radius 1 is 1.45 bits per heavy atom. The topological polar surface area (TPSA) is 21.3 Å². The largest absolute Gasteiger partial charge is 0.378 e. The summed E-state index contributed by atoms with van der Waals surface area (Å²) in [6.07, 6.45) is 5.21. The molecular formula is C16H23BrFNO. The fourth-order valence-corrected chi connectivity index (χ4v) is 3.21. The second-order valence-electron chi connectivity index (χ2n) is 5.62. The van der Waals surface area contributed by atoms with Crippen LogP contribution in [0.2, 0.25) is 0 Å². The van der Waals surface area contributed by atoms with Crippen LogP contribution in [-0.2, 0) is 4.74 Å². The Balaban J connectivity index is 2.20. The molecule has 1 unspecified atom stereocenters. The Bertz CT molecular complexity index is 443. The highest BCUT2D eigenvalue weighted by molar-refractivity contribution is 9.10. The Morgan fingerprint density at radius 2 is 2.20 bits per heavy atom. The van der Waals surface area contributed by atoms with Crippen LogP contribution in [0.3, 0.4) is 0 Å². The zero-order valence-electron chi connectivity index (χ0n) is 12.2. The molecule has 0 radical (unpaired) electrons. The summed E-state index contributed by atoms with van der Waals surface area (Å²) in [4.78, 5) is 0. The number of halogens is 2. The lowest BCUT2D eigenvalue weighted by Gasteiger charge is -2.43. The molecule has 0 amide bonds. The summed E-state index contributed by atoms with van der Waals surface area (Å²) in [5.74, 6) is -0.146. The van der Waals surface area contributed by atoms with E-state index >= 15 is 0 Å². The van der Waals surface area contributed by atoms with Crippen LogP contribution < -0.4 is 5.32 Å². The standard InChI is InChI=1S/C16H23BrFNO/c1-3-9-19-15(11-16(20-2)7-4-8-16)13-10-12(17)5-6-14(13)18/h5-6,10,15,19H,3-4,7-9,11H2,1-2H3. The molecule has 1 N–H and O–H groups in total. The third kappa shape index (κ3) is 3.60. The lowest BCUT2D eigenvalue weighted by Crippen LogP contribution is -2.43. The highest BCUT2D eigenvalue weighted by Gasteiger charge is 2.39. The van der Waals surface area contributed by atoms with E-state index in [0.717, 1.165) is 42.3 Å². The van der Waals surface area contributed by atoms with Gasteiger partial charge < -0.3 is 10.1 Å². The van der Waals surface area contributed by atoms with E-state index in [1.165, 1.54) is 12.5 Å². The van der Waals surface area contributed by atoms with E-state index in [9.17, 15) is 4.39 Å². The second kappa shape index (κ2) is 7.01. The molecule has 0 saturated heterocycles. The molecule has 0 heterocycles. The molecule has 1 aromatic carbocycles. The first-order valence-electron chi connectivity index (χ1n) is 7.34. The van der Waals surface area contributed by atoms with Gasteiger partial charge in [0.15, 0.2) is 0 Å². The summed E-state index contributed by atoms with van der Waals surface area (Å²) in [5, 5.41) is 3.47. The summed E-state index contributed by atoms with van der Waals surface area (Å²) < 4.78 is 20.8. The summed E-state index contributed by atoms with van der Waals surface area (Å²) in [6.45, 7) is 3.01. The van der Waals surface area contributed by atoms with Crippen molar-refractivity contribution in [2.75, 3.05) is 13.7 Å². The summed E-state index contributed by atoms with van der Waals surface area (Å²) >= 11 is 3.43. The first kappa shape index (κ1) is 15.9. The van der Waals surface area contributed by atoms with E-state index in [0.29, 0.717) is 0 Å². The third-order valence-corrected chi connectivity index (χ3v) is 4.74. The van der Waals surface area contributed by atoms with E-state index in [4.69, 9.17) is 4.74 Å². The van der Waals surface area contributed by atoms with Crippen LogP contribution in [-0.4, -0.2) is 19.3 Å². The van der Waals surface area contributed by atoms with Gasteiger partial charge in [-0.2, -0.15) is 0 Å². The molecule has 1 fully saturated rings. The SMILES string of the molecule is CCCNC(CC1(OC)CCC1)c1cc(Br)ccc1F. The number of methoxy groups -OCH3 is 1. The Hall–Kier alpha value is -0.450. The maximum absolute atomic E-state index is 14.1. The molecule has 1 saturated carbocycles. The van der Waals surface area contributed by atoms with E-state index in [-0.39, 0.29) is 17.5 Å². The second-order valence-corrected chi connectivity index (χ2v) is 6.53. The smallest absolute Gasteiger partial charge is 0.128 e. The minimum atomic E-state index is -0.146. The number of nitrogens with one attached hydrogen (secondary N) is 1. The summed E-state index contributed by atoms with van der Waals surface area (Å²) in [7, 11) is 1.77. The van der Waals surface area contributed by atoms with Gasteiger partial charge in [-0.15, -0.1) is 0 Å². The van der Waals surface area contributed by atoms with Crippen LogP contribution in [0.5, 0.6) is 0 Å². The quantitative estimate of drug-likeness (QED) is 0.781. The van der Waals surface area contributed by atoms with E-state index in [1.807, 2.05) is 6.07 Å². The van der Waals surface area contributed by atoms with Crippen molar-refractivity contribution in [3.8, 4) is 0 Å². The van der Waals surface area contributed by atoms with Gasteiger partial charge in [-0.3, -0.25) is 0 Å². The molecule has 0 aliphatic heterocycles. The fraction of sp³-hybridized carbons (Fsp3) is 0.625. The van der Waals surface area contributed by atoms with Gasteiger partial charge in [0.25, 0.3) is 0 Å². The molecule has 0 spiro atoms. The molecule has 1 aliphatic rings. The van der Waals surface area contributed by atoms with Gasteiger partial charge >= 0.3 is 0 Å². The average Bonchev–Trinajstić information content (AvgIpc) is 2.40. The van der Waals surface area contributed by atoms with Gasteiger partial charge in [-0.05, 0) is 56.8 Å². The van der Waals surface area contributed by atoms with E-state index in [1.54, 1.807) is 13.2 Å². The molecule has 20 heavy (non-hydrogen) atoms. The number of rotatable bonds is 7. The highest BCUT2D eigenvalue weighted by Crippen LogP contribution is 2.42. The molecule has 1 aliphatic carbocycles. The van der Waals surface area contributed by atoms with Gasteiger partial charge in [-0.1, -0.05) is 22.9 Å². The van der Waals surface area contributed by atoms with Gasteiger partial charge in [0.1, 0.15) is 5.82 Å². The lowest BCUT2D eigenvalue weighted by atomic mass is 9.74. The number of hydrogen-bond acceptors (Lipinski definition) is 2. The number of ether oxygens (including phenoxy) is 1. The van der Waals surface area contributed by atoms with Crippen LogP contribution >= 0.6 is 15.9 Å². The Labute approximate surface area is 129 Å².